The van der Waals surface area contributed by atoms with Gasteiger partial charge in [0.05, 0.1) is 0 Å². The quantitative estimate of drug-likeness (QED) is 0.904. The molecule has 0 spiro atoms. The molecule has 3 rings (SSSR count). The first-order chi connectivity index (χ1) is 12.1. The van der Waals surface area contributed by atoms with Crippen molar-refractivity contribution in [2.45, 2.75) is 52.6 Å². The van der Waals surface area contributed by atoms with Gasteiger partial charge in [0.2, 0.25) is 0 Å². The monoisotopic (exact) mass is 340 g/mol. The fourth-order valence-corrected chi connectivity index (χ4v) is 3.41. The lowest BCUT2D eigenvalue weighted by molar-refractivity contribution is 0.0702. The minimum atomic E-state index is 0.0949. The van der Waals surface area contributed by atoms with Crippen LogP contribution in [0.5, 0.6) is 0 Å². The molecule has 2 aromatic rings. The smallest absolute Gasteiger partial charge is 0.272 e. The Bertz CT molecular complexity index is 737. The van der Waals surface area contributed by atoms with E-state index in [9.17, 15) is 4.79 Å². The Morgan fingerprint density at radius 3 is 2.88 bits per heavy atom. The number of carbonyl (C=O) groups excluding carboxylic acids is 1. The second-order valence-electron chi connectivity index (χ2n) is 6.97. The number of carbonyl (C=O) groups is 1. The van der Waals surface area contributed by atoms with Gasteiger partial charge in [0.15, 0.2) is 0 Å². The van der Waals surface area contributed by atoms with Gasteiger partial charge in [0, 0.05) is 37.6 Å². The molecule has 5 nitrogen and oxygen atoms in total. The van der Waals surface area contributed by atoms with E-state index in [1.165, 1.54) is 11.1 Å². The number of rotatable bonds is 5. The van der Waals surface area contributed by atoms with Gasteiger partial charge in [-0.2, -0.15) is 5.10 Å². The van der Waals surface area contributed by atoms with Crippen LogP contribution >= 0.6 is 0 Å². The van der Waals surface area contributed by atoms with Crippen LogP contribution in [-0.4, -0.2) is 39.7 Å². The Labute approximate surface area is 150 Å². The predicted molar refractivity (Wildman–Crippen MR) is 101 cm³/mol. The van der Waals surface area contributed by atoms with E-state index >= 15 is 0 Å². The van der Waals surface area contributed by atoms with Crippen LogP contribution in [0.1, 0.15) is 47.8 Å². The van der Waals surface area contributed by atoms with Crippen molar-refractivity contribution < 1.29 is 4.79 Å². The van der Waals surface area contributed by atoms with Crippen molar-refractivity contribution in [3.8, 4) is 0 Å². The summed E-state index contributed by atoms with van der Waals surface area (Å²) in [7, 11) is 0. The van der Waals surface area contributed by atoms with Crippen LogP contribution in [-0.2, 0) is 6.54 Å². The van der Waals surface area contributed by atoms with E-state index in [2.05, 4.69) is 49.4 Å². The standard InChI is InChI=1S/C20H28N4O/c1-4-11-24-19(9-10-21-24)20(25)23-12-5-6-18(14-23)22-17-8-7-15(2)16(3)13-17/h7-10,13,18,22H,4-6,11-12,14H2,1-3H3/t18-/m0/s1. The molecule has 1 N–H and O–H groups in total. The topological polar surface area (TPSA) is 50.2 Å². The summed E-state index contributed by atoms with van der Waals surface area (Å²) < 4.78 is 1.82. The minimum Gasteiger partial charge on any atom is -0.381 e. The maximum atomic E-state index is 12.9. The number of hydrogen-bond donors (Lipinski definition) is 1. The summed E-state index contributed by atoms with van der Waals surface area (Å²) in [4.78, 5) is 14.9. The van der Waals surface area contributed by atoms with Crippen LogP contribution in [0, 0.1) is 13.8 Å². The first-order valence-electron chi connectivity index (χ1n) is 9.23. The maximum absolute atomic E-state index is 12.9. The van der Waals surface area contributed by atoms with Crippen molar-refractivity contribution in [3.63, 3.8) is 0 Å². The second kappa shape index (κ2) is 7.72. The molecule has 1 amide bonds. The van der Waals surface area contributed by atoms with E-state index in [1.807, 2.05) is 15.6 Å². The van der Waals surface area contributed by atoms with Gasteiger partial charge in [-0.3, -0.25) is 9.48 Å². The Hall–Kier alpha value is -2.30. The third-order valence-corrected chi connectivity index (χ3v) is 4.96. The van der Waals surface area contributed by atoms with Crippen molar-refractivity contribution in [2.24, 2.45) is 0 Å². The van der Waals surface area contributed by atoms with Gasteiger partial charge in [-0.15, -0.1) is 0 Å². The molecule has 0 aliphatic carbocycles. The highest BCUT2D eigenvalue weighted by Crippen LogP contribution is 2.20. The molecule has 0 radical (unpaired) electrons. The molecule has 1 atom stereocenters. The first kappa shape index (κ1) is 17.5. The first-order valence-corrected chi connectivity index (χ1v) is 9.23. The summed E-state index contributed by atoms with van der Waals surface area (Å²) in [5, 5.41) is 7.88. The molecule has 1 aliphatic heterocycles. The SMILES string of the molecule is CCCn1nccc1C(=O)N1CCC[C@H](Nc2ccc(C)c(C)c2)C1. The molecule has 25 heavy (non-hydrogen) atoms. The molecule has 1 fully saturated rings. The molecular formula is C20H28N4O. The van der Waals surface area contributed by atoms with Crippen molar-refractivity contribution in [1.29, 1.82) is 0 Å². The molecule has 1 saturated heterocycles. The molecule has 1 aromatic heterocycles. The molecular weight excluding hydrogens is 312 g/mol. The fourth-order valence-electron chi connectivity index (χ4n) is 3.41. The van der Waals surface area contributed by atoms with Gasteiger partial charge >= 0.3 is 0 Å². The van der Waals surface area contributed by atoms with Crippen LogP contribution in [0.25, 0.3) is 0 Å². The van der Waals surface area contributed by atoms with Crippen molar-refractivity contribution in [3.05, 3.63) is 47.3 Å². The normalized spacial score (nSPS) is 17.6. The zero-order chi connectivity index (χ0) is 17.8. The summed E-state index contributed by atoms with van der Waals surface area (Å²) in [6, 6.07) is 8.58. The second-order valence-corrected chi connectivity index (χ2v) is 6.97. The number of benzene rings is 1. The summed E-state index contributed by atoms with van der Waals surface area (Å²) >= 11 is 0. The Balaban J connectivity index is 1.67. The average Bonchev–Trinajstić information content (AvgIpc) is 3.06. The predicted octanol–water partition coefficient (Wildman–Crippen LogP) is 3.63. The molecule has 0 saturated carbocycles. The molecule has 1 aromatic carbocycles. The lowest BCUT2D eigenvalue weighted by Crippen LogP contribution is -2.45. The van der Waals surface area contributed by atoms with Crippen LogP contribution in [0.2, 0.25) is 0 Å². The Morgan fingerprint density at radius 2 is 2.12 bits per heavy atom. The summed E-state index contributed by atoms with van der Waals surface area (Å²) in [6.07, 6.45) is 4.80. The molecule has 134 valence electrons. The van der Waals surface area contributed by atoms with E-state index in [1.54, 1.807) is 6.20 Å². The van der Waals surface area contributed by atoms with Gasteiger partial charge in [0.1, 0.15) is 5.69 Å². The summed E-state index contributed by atoms with van der Waals surface area (Å²) in [5.41, 5.74) is 4.43. The number of likely N-dealkylation sites (tertiary alicyclic amines) is 1. The zero-order valence-electron chi connectivity index (χ0n) is 15.5. The molecule has 0 bridgehead atoms. The van der Waals surface area contributed by atoms with Crippen LogP contribution in [0.4, 0.5) is 5.69 Å². The third-order valence-electron chi connectivity index (χ3n) is 4.96. The Kier molecular flexibility index (Phi) is 5.41. The molecule has 0 unspecified atom stereocenters. The Morgan fingerprint density at radius 1 is 1.28 bits per heavy atom. The summed E-state index contributed by atoms with van der Waals surface area (Å²) in [6.45, 7) is 8.70. The van der Waals surface area contributed by atoms with Gasteiger partial charge < -0.3 is 10.2 Å². The largest absolute Gasteiger partial charge is 0.381 e. The van der Waals surface area contributed by atoms with Crippen LogP contribution in [0.3, 0.4) is 0 Å². The van der Waals surface area contributed by atoms with E-state index < -0.39 is 0 Å². The van der Waals surface area contributed by atoms with Gasteiger partial charge in [-0.05, 0) is 62.4 Å². The minimum absolute atomic E-state index is 0.0949. The summed E-state index contributed by atoms with van der Waals surface area (Å²) in [5.74, 6) is 0.0949. The van der Waals surface area contributed by atoms with E-state index in [0.29, 0.717) is 11.7 Å². The van der Waals surface area contributed by atoms with E-state index in [0.717, 1.165) is 44.6 Å². The van der Waals surface area contributed by atoms with E-state index in [-0.39, 0.29) is 5.91 Å². The lowest BCUT2D eigenvalue weighted by atomic mass is 10.0. The lowest BCUT2D eigenvalue weighted by Gasteiger charge is -2.34. The van der Waals surface area contributed by atoms with Gasteiger partial charge in [-0.25, -0.2) is 0 Å². The molecule has 1 aliphatic rings. The highest BCUT2D eigenvalue weighted by Gasteiger charge is 2.26. The molecule has 5 heteroatoms. The van der Waals surface area contributed by atoms with Crippen LogP contribution < -0.4 is 5.32 Å². The van der Waals surface area contributed by atoms with Crippen molar-refractivity contribution in [2.75, 3.05) is 18.4 Å². The fraction of sp³-hybridized carbons (Fsp3) is 0.500. The van der Waals surface area contributed by atoms with Crippen molar-refractivity contribution in [1.82, 2.24) is 14.7 Å². The maximum Gasteiger partial charge on any atom is 0.272 e. The van der Waals surface area contributed by atoms with Gasteiger partial charge in [-0.1, -0.05) is 13.0 Å². The van der Waals surface area contributed by atoms with E-state index in [4.69, 9.17) is 0 Å². The number of aryl methyl sites for hydroxylation is 3. The number of nitrogens with one attached hydrogen (secondary N) is 1. The number of aromatic nitrogens is 2. The average molecular weight is 340 g/mol. The third kappa shape index (κ3) is 4.03. The number of amides is 1. The molecule has 2 heterocycles. The number of nitrogens with zero attached hydrogens (tertiary/aromatic N) is 3. The number of hydrogen-bond acceptors (Lipinski definition) is 3. The highest BCUT2D eigenvalue weighted by molar-refractivity contribution is 5.92. The zero-order valence-corrected chi connectivity index (χ0v) is 15.5. The number of anilines is 1. The number of piperidine rings is 1. The van der Waals surface area contributed by atoms with Gasteiger partial charge in [0.25, 0.3) is 5.91 Å². The van der Waals surface area contributed by atoms with Crippen LogP contribution in [0.15, 0.2) is 30.5 Å². The van der Waals surface area contributed by atoms with Crippen molar-refractivity contribution >= 4 is 11.6 Å². The highest BCUT2D eigenvalue weighted by atomic mass is 16.2.